The number of carboxylic acid groups (broad SMARTS) is 1. The summed E-state index contributed by atoms with van der Waals surface area (Å²) in [7, 11) is 0. The monoisotopic (exact) mass is 199 g/mol. The first kappa shape index (κ1) is 11.0. The molecule has 4 nitrogen and oxygen atoms in total. The second kappa shape index (κ2) is 4.98. The number of likely N-dealkylation sites (tertiary alicyclic amines) is 1. The normalized spacial score (nSPS) is 22.1. The Morgan fingerprint density at radius 1 is 1.36 bits per heavy atom. The second-order valence-corrected chi connectivity index (χ2v) is 3.83. The third kappa shape index (κ3) is 3.01. The Hall–Kier alpha value is -1.06. The molecule has 0 aromatic carbocycles. The maximum absolute atomic E-state index is 11.6. The molecule has 80 valence electrons. The van der Waals surface area contributed by atoms with Crippen molar-refractivity contribution < 1.29 is 14.7 Å². The summed E-state index contributed by atoms with van der Waals surface area (Å²) in [5.74, 6) is -0.914. The van der Waals surface area contributed by atoms with Gasteiger partial charge >= 0.3 is 5.97 Å². The standard InChI is InChI=1S/C10H17NO3/c1-8-4-2-3-7-11(8)9(12)5-6-10(13)14/h8H,2-7H2,1H3,(H,13,14)/t8-/m0/s1. The van der Waals surface area contributed by atoms with Crippen LogP contribution in [0.25, 0.3) is 0 Å². The number of piperidine rings is 1. The Labute approximate surface area is 83.9 Å². The zero-order chi connectivity index (χ0) is 10.6. The van der Waals surface area contributed by atoms with Crippen LogP contribution in [0.15, 0.2) is 0 Å². The highest BCUT2D eigenvalue weighted by Gasteiger charge is 2.22. The number of aliphatic carboxylic acids is 1. The fourth-order valence-electron chi connectivity index (χ4n) is 1.83. The van der Waals surface area contributed by atoms with Crippen LogP contribution < -0.4 is 0 Å². The van der Waals surface area contributed by atoms with Gasteiger partial charge in [0.1, 0.15) is 0 Å². The fraction of sp³-hybridized carbons (Fsp3) is 0.800. The predicted molar refractivity (Wildman–Crippen MR) is 51.9 cm³/mol. The van der Waals surface area contributed by atoms with Crippen LogP contribution in [-0.2, 0) is 9.59 Å². The Morgan fingerprint density at radius 2 is 2.07 bits per heavy atom. The summed E-state index contributed by atoms with van der Waals surface area (Å²) < 4.78 is 0. The molecule has 0 saturated carbocycles. The molecule has 14 heavy (non-hydrogen) atoms. The van der Waals surface area contributed by atoms with Crippen molar-refractivity contribution in [2.24, 2.45) is 0 Å². The van der Waals surface area contributed by atoms with E-state index < -0.39 is 5.97 Å². The van der Waals surface area contributed by atoms with Gasteiger partial charge in [0, 0.05) is 19.0 Å². The SMILES string of the molecule is C[C@H]1CCCCN1C(=O)CCC(=O)O. The molecule has 0 aliphatic carbocycles. The van der Waals surface area contributed by atoms with Crippen molar-refractivity contribution in [3.05, 3.63) is 0 Å². The molecule has 1 N–H and O–H groups in total. The van der Waals surface area contributed by atoms with Crippen LogP contribution in [0.2, 0.25) is 0 Å². The number of hydrogen-bond donors (Lipinski definition) is 1. The second-order valence-electron chi connectivity index (χ2n) is 3.83. The summed E-state index contributed by atoms with van der Waals surface area (Å²) in [6.45, 7) is 2.82. The largest absolute Gasteiger partial charge is 0.481 e. The molecule has 1 amide bonds. The van der Waals surface area contributed by atoms with Crippen molar-refractivity contribution in [1.82, 2.24) is 4.90 Å². The number of carboxylic acids is 1. The Balaban J connectivity index is 2.38. The van der Waals surface area contributed by atoms with E-state index in [0.717, 1.165) is 19.4 Å². The molecule has 0 radical (unpaired) electrons. The number of nitrogens with zero attached hydrogens (tertiary/aromatic N) is 1. The van der Waals surface area contributed by atoms with Crippen molar-refractivity contribution >= 4 is 11.9 Å². The van der Waals surface area contributed by atoms with Gasteiger partial charge in [0.2, 0.25) is 5.91 Å². The van der Waals surface area contributed by atoms with Gasteiger partial charge in [-0.25, -0.2) is 0 Å². The first-order valence-electron chi connectivity index (χ1n) is 5.12. The van der Waals surface area contributed by atoms with E-state index in [9.17, 15) is 9.59 Å². The van der Waals surface area contributed by atoms with Crippen LogP contribution in [0.3, 0.4) is 0 Å². The van der Waals surface area contributed by atoms with Gasteiger partial charge in [0.25, 0.3) is 0 Å². The number of carbonyl (C=O) groups is 2. The lowest BCUT2D eigenvalue weighted by Gasteiger charge is -2.33. The van der Waals surface area contributed by atoms with Crippen LogP contribution in [0.5, 0.6) is 0 Å². The van der Waals surface area contributed by atoms with Gasteiger partial charge in [-0.15, -0.1) is 0 Å². The summed E-state index contributed by atoms with van der Waals surface area (Å²) in [5.41, 5.74) is 0. The smallest absolute Gasteiger partial charge is 0.303 e. The Kier molecular flexibility index (Phi) is 3.92. The van der Waals surface area contributed by atoms with Crippen molar-refractivity contribution in [3.8, 4) is 0 Å². The maximum Gasteiger partial charge on any atom is 0.303 e. The van der Waals surface area contributed by atoms with Gasteiger partial charge in [-0.1, -0.05) is 0 Å². The lowest BCUT2D eigenvalue weighted by Crippen LogP contribution is -2.42. The minimum absolute atomic E-state index is 0.0143. The van der Waals surface area contributed by atoms with Crippen molar-refractivity contribution in [1.29, 1.82) is 0 Å². The van der Waals surface area contributed by atoms with Gasteiger partial charge in [-0.05, 0) is 26.2 Å². The quantitative estimate of drug-likeness (QED) is 0.744. The molecule has 1 aliphatic heterocycles. The summed E-state index contributed by atoms with van der Waals surface area (Å²) in [6.07, 6.45) is 3.34. The van der Waals surface area contributed by atoms with E-state index >= 15 is 0 Å². The molecule has 1 aliphatic rings. The van der Waals surface area contributed by atoms with E-state index in [1.807, 2.05) is 11.8 Å². The molecular formula is C10H17NO3. The van der Waals surface area contributed by atoms with E-state index in [4.69, 9.17) is 5.11 Å². The van der Waals surface area contributed by atoms with E-state index in [1.54, 1.807) is 0 Å². The third-order valence-electron chi connectivity index (χ3n) is 2.68. The van der Waals surface area contributed by atoms with Crippen LogP contribution in [0.4, 0.5) is 0 Å². The van der Waals surface area contributed by atoms with Gasteiger partial charge in [0.15, 0.2) is 0 Å². The van der Waals surface area contributed by atoms with E-state index in [2.05, 4.69) is 0 Å². The van der Waals surface area contributed by atoms with Crippen LogP contribution in [0, 0.1) is 0 Å². The maximum atomic E-state index is 11.6. The average molecular weight is 199 g/mol. The molecule has 1 saturated heterocycles. The number of amides is 1. The third-order valence-corrected chi connectivity index (χ3v) is 2.68. The molecule has 0 bridgehead atoms. The molecule has 1 fully saturated rings. The van der Waals surface area contributed by atoms with Gasteiger partial charge in [-0.2, -0.15) is 0 Å². The first-order valence-corrected chi connectivity index (χ1v) is 5.12. The zero-order valence-corrected chi connectivity index (χ0v) is 8.53. The summed E-state index contributed by atoms with van der Waals surface area (Å²) >= 11 is 0. The topological polar surface area (TPSA) is 57.6 Å². The molecule has 4 heteroatoms. The van der Waals surface area contributed by atoms with Gasteiger partial charge in [-0.3, -0.25) is 9.59 Å². The van der Waals surface area contributed by atoms with Crippen molar-refractivity contribution in [2.75, 3.05) is 6.54 Å². The van der Waals surface area contributed by atoms with Crippen LogP contribution in [0.1, 0.15) is 39.0 Å². The van der Waals surface area contributed by atoms with Gasteiger partial charge < -0.3 is 10.0 Å². The molecule has 0 unspecified atom stereocenters. The lowest BCUT2D eigenvalue weighted by molar-refractivity contribution is -0.142. The highest BCUT2D eigenvalue weighted by Crippen LogP contribution is 2.17. The van der Waals surface area contributed by atoms with Crippen LogP contribution in [-0.4, -0.2) is 34.5 Å². The van der Waals surface area contributed by atoms with E-state index in [0.29, 0.717) is 0 Å². The number of rotatable bonds is 3. The zero-order valence-electron chi connectivity index (χ0n) is 8.53. The average Bonchev–Trinajstić information content (AvgIpc) is 2.15. The summed E-state index contributed by atoms with van der Waals surface area (Å²) in [5, 5.41) is 8.46. The summed E-state index contributed by atoms with van der Waals surface area (Å²) in [4.78, 5) is 23.7. The first-order chi connectivity index (χ1) is 6.61. The highest BCUT2D eigenvalue weighted by molar-refractivity contribution is 5.81. The van der Waals surface area contributed by atoms with E-state index in [-0.39, 0.29) is 24.8 Å². The molecule has 1 rings (SSSR count). The molecule has 0 aromatic heterocycles. The Morgan fingerprint density at radius 3 is 2.64 bits per heavy atom. The summed E-state index contributed by atoms with van der Waals surface area (Å²) in [6, 6.07) is 0.282. The predicted octanol–water partition coefficient (Wildman–Crippen LogP) is 1.25. The van der Waals surface area contributed by atoms with Crippen LogP contribution >= 0.6 is 0 Å². The molecule has 1 heterocycles. The van der Waals surface area contributed by atoms with Crippen molar-refractivity contribution in [3.63, 3.8) is 0 Å². The van der Waals surface area contributed by atoms with Gasteiger partial charge in [0.05, 0.1) is 6.42 Å². The highest BCUT2D eigenvalue weighted by atomic mass is 16.4. The molecule has 0 aromatic rings. The number of carbonyl (C=O) groups excluding carboxylic acids is 1. The van der Waals surface area contributed by atoms with E-state index in [1.165, 1.54) is 6.42 Å². The molecule has 0 spiro atoms. The minimum Gasteiger partial charge on any atom is -0.481 e. The van der Waals surface area contributed by atoms with Crippen molar-refractivity contribution in [2.45, 2.75) is 45.1 Å². The Bertz CT molecular complexity index is 227. The fourth-order valence-corrected chi connectivity index (χ4v) is 1.83. The molecule has 1 atom stereocenters. The number of hydrogen-bond acceptors (Lipinski definition) is 2. The minimum atomic E-state index is -0.900. The lowest BCUT2D eigenvalue weighted by atomic mass is 10.0. The molecular weight excluding hydrogens is 182 g/mol.